The number of rotatable bonds is 1. The maximum atomic E-state index is 13.9. The zero-order valence-corrected chi connectivity index (χ0v) is 20.4. The predicted molar refractivity (Wildman–Crippen MR) is 149 cm³/mol. The van der Waals surface area contributed by atoms with Gasteiger partial charge >= 0.3 is 0 Å². The molecule has 1 aromatic carbocycles. The molecule has 10 heteroatoms. The van der Waals surface area contributed by atoms with E-state index in [9.17, 15) is 4.79 Å². The maximum Gasteiger partial charge on any atom is 0.263 e. The molecule has 8 bridgehead atoms. The van der Waals surface area contributed by atoms with E-state index in [0.29, 0.717) is 27.8 Å². The second-order valence-corrected chi connectivity index (χ2v) is 9.97. The minimum atomic E-state index is -0.156. The molecule has 8 rings (SSSR count). The largest absolute Gasteiger partial charge is 0.336 e. The van der Waals surface area contributed by atoms with Crippen molar-refractivity contribution in [1.82, 2.24) is 39.7 Å². The van der Waals surface area contributed by atoms with Gasteiger partial charge in [-0.15, -0.1) is 11.3 Å². The Balaban J connectivity index is 1.61. The number of nitrogens with one attached hydrogen (secondary N) is 2. The van der Waals surface area contributed by atoms with Crippen LogP contribution in [-0.2, 0) is 0 Å². The summed E-state index contributed by atoms with van der Waals surface area (Å²) >= 11 is 1.47. The van der Waals surface area contributed by atoms with E-state index in [0.717, 1.165) is 42.4 Å². The van der Waals surface area contributed by atoms with Crippen LogP contribution in [0.25, 0.3) is 64.6 Å². The standard InChI is InChI=1S/C28H16N8OS/c37-28(15-4-2-1-3-5-15)36-17-10-16(12-29-13-17)20-11-18-21(14-31-20)34-35-24(18)27-32-19-8-9-30-26(25(19)33-27)22-6-7-23(36)38-22/h1-14H,(H,32,33)(H,34,35). The van der Waals surface area contributed by atoms with Crippen LogP contribution in [0.1, 0.15) is 10.4 Å². The Morgan fingerprint density at radius 1 is 0.868 bits per heavy atom. The lowest BCUT2D eigenvalue weighted by Gasteiger charge is -2.08. The van der Waals surface area contributed by atoms with E-state index in [-0.39, 0.29) is 5.91 Å². The monoisotopic (exact) mass is 512 g/mol. The van der Waals surface area contributed by atoms with Gasteiger partial charge in [0.15, 0.2) is 5.65 Å². The van der Waals surface area contributed by atoms with Crippen molar-refractivity contribution < 1.29 is 4.79 Å². The van der Waals surface area contributed by atoms with Crippen molar-refractivity contribution >= 4 is 81.8 Å². The van der Waals surface area contributed by atoms with Gasteiger partial charge in [-0.2, -0.15) is 5.10 Å². The summed E-state index contributed by atoms with van der Waals surface area (Å²) in [5.41, 5.74) is 6.36. The average molecular weight is 513 g/mol. The normalized spacial score (nSPS) is 11.8. The van der Waals surface area contributed by atoms with Crippen LogP contribution in [0.15, 0.2) is 85.5 Å². The van der Waals surface area contributed by atoms with Crippen LogP contribution < -0.4 is 0 Å². The van der Waals surface area contributed by atoms with E-state index in [1.165, 1.54) is 11.3 Å². The number of nitrogens with zero attached hydrogens (tertiary/aromatic N) is 6. The second kappa shape index (κ2) is 7.89. The third-order valence-electron chi connectivity index (χ3n) is 6.62. The molecule has 9 nitrogen and oxygen atoms in total. The van der Waals surface area contributed by atoms with Crippen LogP contribution in [0.4, 0.5) is 0 Å². The van der Waals surface area contributed by atoms with Crippen molar-refractivity contribution in [3.05, 3.63) is 91.0 Å². The number of H-pyrrole nitrogens is 2. The lowest BCUT2D eigenvalue weighted by Crippen LogP contribution is -2.12. The van der Waals surface area contributed by atoms with E-state index >= 15 is 0 Å². The van der Waals surface area contributed by atoms with Crippen LogP contribution in [-0.4, -0.2) is 45.6 Å². The molecular formula is C28H16N8OS. The predicted octanol–water partition coefficient (Wildman–Crippen LogP) is 5.91. The molecule has 0 unspecified atom stereocenters. The second-order valence-electron chi connectivity index (χ2n) is 8.90. The molecule has 180 valence electrons. The number of fused-ring (bicyclic) bond motifs is 9. The number of hydrogen-bond acceptors (Lipinski definition) is 7. The summed E-state index contributed by atoms with van der Waals surface area (Å²) in [6.07, 6.45) is 6.95. The van der Waals surface area contributed by atoms with Gasteiger partial charge in [0.05, 0.1) is 39.2 Å². The smallest absolute Gasteiger partial charge is 0.263 e. The summed E-state index contributed by atoms with van der Waals surface area (Å²) < 4.78 is 2.58. The first-order chi connectivity index (χ1) is 18.7. The van der Waals surface area contributed by atoms with Crippen molar-refractivity contribution in [1.29, 1.82) is 0 Å². The highest BCUT2D eigenvalue weighted by Gasteiger charge is 2.14. The molecule has 0 saturated carbocycles. The fourth-order valence-electron chi connectivity index (χ4n) is 4.80. The molecule has 0 aliphatic carbocycles. The van der Waals surface area contributed by atoms with E-state index in [4.69, 9.17) is 4.98 Å². The number of pyridine rings is 3. The van der Waals surface area contributed by atoms with Crippen LogP contribution >= 0.6 is 11.3 Å². The lowest BCUT2D eigenvalue weighted by atomic mass is 10.2. The first-order valence-corrected chi connectivity index (χ1v) is 12.7. The van der Waals surface area contributed by atoms with Crippen molar-refractivity contribution in [3.63, 3.8) is 0 Å². The number of benzene rings is 1. The highest BCUT2D eigenvalue weighted by molar-refractivity contribution is 7.24. The lowest BCUT2D eigenvalue weighted by molar-refractivity contribution is 0.0969. The van der Waals surface area contributed by atoms with E-state index < -0.39 is 0 Å². The van der Waals surface area contributed by atoms with Crippen molar-refractivity contribution in [2.75, 3.05) is 0 Å². The number of hydrogen-bond donors (Lipinski definition) is 2. The first-order valence-electron chi connectivity index (χ1n) is 11.9. The van der Waals surface area contributed by atoms with Gasteiger partial charge in [0.2, 0.25) is 0 Å². The Hall–Kier alpha value is -5.22. The third kappa shape index (κ3) is 3.10. The molecule has 8 aromatic rings. The molecule has 7 heterocycles. The summed E-state index contributed by atoms with van der Waals surface area (Å²) in [6.45, 7) is 0. The highest BCUT2D eigenvalue weighted by Crippen LogP contribution is 2.29. The molecule has 38 heavy (non-hydrogen) atoms. The summed E-state index contributed by atoms with van der Waals surface area (Å²) in [4.78, 5) is 36.8. The maximum absolute atomic E-state index is 13.9. The topological polar surface area (TPSA) is 118 Å². The number of carbonyl (C=O) groups excluding carboxylic acids is 1. The Labute approximate surface area is 217 Å². The first kappa shape index (κ1) is 20.9. The number of thiophene rings is 1. The SMILES string of the molecule is O=C(c1ccccc1)n1c2cncc(c2)c2cc3c(cn2)[nH]nc3c2nc3c(ccnc3c3ccc1s3)[nH]2. The summed E-state index contributed by atoms with van der Waals surface area (Å²) in [7, 11) is 0. The molecule has 0 atom stereocenters. The molecule has 0 saturated heterocycles. The van der Waals surface area contributed by atoms with Crippen LogP contribution in [0, 0.1) is 0 Å². The van der Waals surface area contributed by atoms with Gasteiger partial charge in [-0.25, -0.2) is 4.98 Å². The minimum absolute atomic E-state index is 0.156. The summed E-state index contributed by atoms with van der Waals surface area (Å²) in [5.74, 6) is -0.156. The Bertz CT molecular complexity index is 2270. The third-order valence-corrected chi connectivity index (χ3v) is 7.70. The van der Waals surface area contributed by atoms with Crippen molar-refractivity contribution in [2.45, 2.75) is 0 Å². The van der Waals surface area contributed by atoms with Gasteiger partial charge in [0.25, 0.3) is 5.91 Å². The van der Waals surface area contributed by atoms with E-state index in [1.54, 1.807) is 29.4 Å². The molecule has 0 aliphatic rings. The molecule has 0 aliphatic heterocycles. The molecular weight excluding hydrogens is 496 g/mol. The number of aromatic amines is 2. The van der Waals surface area contributed by atoms with Gasteiger partial charge in [0, 0.05) is 28.7 Å². The molecule has 7 aromatic heterocycles. The van der Waals surface area contributed by atoms with Crippen molar-refractivity contribution in [3.8, 4) is 0 Å². The van der Waals surface area contributed by atoms with Gasteiger partial charge in [-0.1, -0.05) is 18.2 Å². The van der Waals surface area contributed by atoms with Crippen LogP contribution in [0.5, 0.6) is 0 Å². The quantitative estimate of drug-likeness (QED) is 0.282. The molecule has 0 spiro atoms. The number of imidazole rings is 1. The van der Waals surface area contributed by atoms with Crippen molar-refractivity contribution in [2.24, 2.45) is 0 Å². The number of carbonyl (C=O) groups is 1. The molecule has 0 fully saturated rings. The number of aromatic nitrogens is 8. The van der Waals surface area contributed by atoms with Crippen LogP contribution in [0.3, 0.4) is 0 Å². The Morgan fingerprint density at radius 2 is 1.79 bits per heavy atom. The zero-order valence-electron chi connectivity index (χ0n) is 19.6. The fourth-order valence-corrected chi connectivity index (χ4v) is 5.83. The summed E-state index contributed by atoms with van der Waals surface area (Å²) in [5, 5.41) is 9.25. The van der Waals surface area contributed by atoms with Gasteiger partial charge in [-0.3, -0.25) is 29.4 Å². The van der Waals surface area contributed by atoms with E-state index in [1.807, 2.05) is 60.7 Å². The Morgan fingerprint density at radius 3 is 2.71 bits per heavy atom. The Kier molecular flexibility index (Phi) is 4.34. The van der Waals surface area contributed by atoms with Gasteiger partial charge < -0.3 is 4.98 Å². The zero-order chi connectivity index (χ0) is 25.2. The van der Waals surface area contributed by atoms with E-state index in [2.05, 4.69) is 30.1 Å². The minimum Gasteiger partial charge on any atom is -0.336 e. The fraction of sp³-hybridized carbons (Fsp3) is 0. The van der Waals surface area contributed by atoms with Gasteiger partial charge in [0.1, 0.15) is 21.4 Å². The summed E-state index contributed by atoms with van der Waals surface area (Å²) in [6, 6.07) is 18.9. The average Bonchev–Trinajstić information content (AvgIpc) is 3.71. The molecule has 0 radical (unpaired) electrons. The van der Waals surface area contributed by atoms with Crippen LogP contribution in [0.2, 0.25) is 0 Å². The molecule has 2 N–H and O–H groups in total. The molecule has 0 amide bonds. The van der Waals surface area contributed by atoms with Gasteiger partial charge in [-0.05, 0) is 42.5 Å². The highest BCUT2D eigenvalue weighted by atomic mass is 32.1.